The van der Waals surface area contributed by atoms with E-state index in [1.165, 1.54) is 0 Å². The minimum atomic E-state index is -0.123. The van der Waals surface area contributed by atoms with Crippen molar-refractivity contribution in [1.82, 2.24) is 20.1 Å². The number of halogens is 1. The van der Waals surface area contributed by atoms with Crippen LogP contribution in [0.5, 0.6) is 5.75 Å². The maximum atomic E-state index is 12.3. The lowest BCUT2D eigenvalue weighted by Gasteiger charge is -2.17. The Morgan fingerprint density at radius 2 is 2.29 bits per heavy atom. The Bertz CT molecular complexity index is 828. The quantitative estimate of drug-likeness (QED) is 0.921. The van der Waals surface area contributed by atoms with E-state index >= 15 is 0 Å². The number of carbonyl (C=O) groups excluding carboxylic acids is 1. The second kappa shape index (κ2) is 6.28. The molecule has 1 aromatic carbocycles. The maximum absolute atomic E-state index is 12.3. The van der Waals surface area contributed by atoms with Gasteiger partial charge in [-0.1, -0.05) is 11.6 Å². The molecule has 0 saturated heterocycles. The van der Waals surface area contributed by atoms with E-state index in [0.717, 1.165) is 42.3 Å². The Balaban J connectivity index is 1.38. The van der Waals surface area contributed by atoms with Crippen molar-refractivity contribution >= 4 is 23.6 Å². The number of aromatic nitrogens is 3. The van der Waals surface area contributed by atoms with Crippen LogP contribution in [-0.2, 0) is 24.2 Å². The number of aryl methyl sites for hydroxylation is 1. The molecule has 124 valence electrons. The maximum Gasteiger partial charge on any atom is 0.250 e. The third-order valence-electron chi connectivity index (χ3n) is 4.30. The van der Waals surface area contributed by atoms with Gasteiger partial charge in [0.25, 0.3) is 5.91 Å². The van der Waals surface area contributed by atoms with E-state index in [0.29, 0.717) is 23.6 Å². The molecule has 2 aliphatic heterocycles. The number of nitrogens with one attached hydrogen (secondary N) is 1. The molecule has 24 heavy (non-hydrogen) atoms. The van der Waals surface area contributed by atoms with Crippen LogP contribution in [0, 0.1) is 0 Å². The first kappa shape index (κ1) is 15.2. The van der Waals surface area contributed by atoms with Gasteiger partial charge in [0.2, 0.25) is 0 Å². The van der Waals surface area contributed by atoms with Crippen molar-refractivity contribution in [3.05, 3.63) is 46.0 Å². The molecule has 0 unspecified atom stereocenters. The first-order chi connectivity index (χ1) is 11.7. The second-order valence-electron chi connectivity index (χ2n) is 5.93. The first-order valence-corrected chi connectivity index (χ1v) is 8.40. The lowest BCUT2D eigenvalue weighted by molar-refractivity contribution is -0.117. The Morgan fingerprint density at radius 3 is 3.21 bits per heavy atom. The fraction of sp³-hybridized carbons (Fsp3) is 0.353. The minimum Gasteiger partial charge on any atom is -0.488 e. The van der Waals surface area contributed by atoms with Crippen LogP contribution in [0.2, 0.25) is 5.02 Å². The smallest absolute Gasteiger partial charge is 0.250 e. The van der Waals surface area contributed by atoms with Crippen molar-refractivity contribution in [3.8, 4) is 5.75 Å². The summed E-state index contributed by atoms with van der Waals surface area (Å²) in [6.07, 6.45) is 4.62. The zero-order chi connectivity index (χ0) is 16.5. The number of hydrogen-bond acceptors (Lipinski definition) is 4. The Hall–Kier alpha value is -2.34. The number of benzene rings is 1. The number of nitrogens with zero attached hydrogens (tertiary/aromatic N) is 3. The van der Waals surface area contributed by atoms with Gasteiger partial charge < -0.3 is 14.6 Å². The van der Waals surface area contributed by atoms with E-state index in [-0.39, 0.29) is 12.5 Å². The summed E-state index contributed by atoms with van der Waals surface area (Å²) in [4.78, 5) is 12.3. The third kappa shape index (κ3) is 2.89. The van der Waals surface area contributed by atoms with Crippen molar-refractivity contribution < 1.29 is 9.53 Å². The average molecular weight is 345 g/mol. The summed E-state index contributed by atoms with van der Waals surface area (Å²) in [6, 6.07) is 5.38. The van der Waals surface area contributed by atoms with Crippen LogP contribution in [0.25, 0.3) is 6.08 Å². The van der Waals surface area contributed by atoms with Gasteiger partial charge >= 0.3 is 0 Å². The van der Waals surface area contributed by atoms with E-state index in [9.17, 15) is 4.79 Å². The molecule has 0 spiro atoms. The van der Waals surface area contributed by atoms with Crippen molar-refractivity contribution in [2.75, 3.05) is 13.2 Å². The number of hydrogen-bond donors (Lipinski definition) is 1. The highest BCUT2D eigenvalue weighted by Crippen LogP contribution is 2.28. The summed E-state index contributed by atoms with van der Waals surface area (Å²) in [6.45, 7) is 1.76. The fourth-order valence-electron chi connectivity index (χ4n) is 3.08. The molecule has 2 aliphatic rings. The van der Waals surface area contributed by atoms with Crippen molar-refractivity contribution in [1.29, 1.82) is 0 Å². The van der Waals surface area contributed by atoms with Gasteiger partial charge in [-0.05, 0) is 30.7 Å². The SMILES string of the molecule is O=C(NCCc1nnc2n1CCC2)C1=Cc2cc(Cl)ccc2OC1. The van der Waals surface area contributed by atoms with Crippen LogP contribution < -0.4 is 10.1 Å². The molecule has 0 radical (unpaired) electrons. The van der Waals surface area contributed by atoms with Crippen LogP contribution in [0.4, 0.5) is 0 Å². The summed E-state index contributed by atoms with van der Waals surface area (Å²) >= 11 is 5.99. The Morgan fingerprint density at radius 1 is 1.38 bits per heavy atom. The minimum absolute atomic E-state index is 0.123. The Labute approximate surface area is 144 Å². The number of fused-ring (bicyclic) bond motifs is 2. The van der Waals surface area contributed by atoms with Crippen LogP contribution in [0.1, 0.15) is 23.6 Å². The molecular formula is C17H17ClN4O2. The molecule has 4 rings (SSSR count). The van der Waals surface area contributed by atoms with Gasteiger partial charge in [0.1, 0.15) is 24.0 Å². The molecule has 6 nitrogen and oxygen atoms in total. The zero-order valence-electron chi connectivity index (χ0n) is 13.1. The molecule has 0 aliphatic carbocycles. The van der Waals surface area contributed by atoms with Gasteiger partial charge in [-0.25, -0.2) is 0 Å². The predicted octanol–water partition coefficient (Wildman–Crippen LogP) is 2.01. The average Bonchev–Trinajstić information content (AvgIpc) is 3.18. The van der Waals surface area contributed by atoms with Crippen LogP contribution in [0.3, 0.4) is 0 Å². The largest absolute Gasteiger partial charge is 0.488 e. The molecule has 1 amide bonds. The lowest BCUT2D eigenvalue weighted by Crippen LogP contribution is -2.30. The molecule has 1 N–H and O–H groups in total. The molecule has 0 saturated carbocycles. The number of carbonyl (C=O) groups is 1. The molecule has 7 heteroatoms. The van der Waals surface area contributed by atoms with Gasteiger partial charge in [0, 0.05) is 36.5 Å². The Kier molecular flexibility index (Phi) is 3.98. The normalized spacial score (nSPS) is 15.3. The summed E-state index contributed by atoms with van der Waals surface area (Å²) < 4.78 is 7.76. The van der Waals surface area contributed by atoms with Crippen LogP contribution in [-0.4, -0.2) is 33.8 Å². The van der Waals surface area contributed by atoms with Crippen molar-refractivity contribution in [2.24, 2.45) is 0 Å². The summed E-state index contributed by atoms with van der Waals surface area (Å²) in [7, 11) is 0. The topological polar surface area (TPSA) is 69.0 Å². The third-order valence-corrected chi connectivity index (χ3v) is 4.53. The molecule has 0 bridgehead atoms. The second-order valence-corrected chi connectivity index (χ2v) is 6.37. The van der Waals surface area contributed by atoms with Crippen LogP contribution in [0.15, 0.2) is 23.8 Å². The van der Waals surface area contributed by atoms with Gasteiger partial charge in [-0.3, -0.25) is 4.79 Å². The van der Waals surface area contributed by atoms with Gasteiger partial charge in [-0.15, -0.1) is 10.2 Å². The molecule has 0 fully saturated rings. The zero-order valence-corrected chi connectivity index (χ0v) is 13.8. The monoisotopic (exact) mass is 344 g/mol. The fourth-order valence-corrected chi connectivity index (χ4v) is 3.26. The van der Waals surface area contributed by atoms with Crippen LogP contribution >= 0.6 is 11.6 Å². The van der Waals surface area contributed by atoms with Gasteiger partial charge in [0.05, 0.1) is 5.57 Å². The van der Waals surface area contributed by atoms with Crippen molar-refractivity contribution in [2.45, 2.75) is 25.8 Å². The lowest BCUT2D eigenvalue weighted by atomic mass is 10.1. The number of amides is 1. The van der Waals surface area contributed by atoms with E-state index in [1.807, 2.05) is 12.1 Å². The molecule has 1 aromatic heterocycles. The number of rotatable bonds is 4. The molecular weight excluding hydrogens is 328 g/mol. The standard InChI is InChI=1S/C17H17ClN4O2/c18-13-3-4-14-11(9-13)8-12(10-24-14)17(23)19-6-5-16-21-20-15-2-1-7-22(15)16/h3-4,8-9H,1-2,5-7,10H2,(H,19,23). The van der Waals surface area contributed by atoms with Gasteiger partial charge in [-0.2, -0.15) is 0 Å². The van der Waals surface area contributed by atoms with E-state index in [2.05, 4.69) is 20.1 Å². The summed E-state index contributed by atoms with van der Waals surface area (Å²) in [5.41, 5.74) is 1.42. The van der Waals surface area contributed by atoms with Gasteiger partial charge in [0.15, 0.2) is 0 Å². The first-order valence-electron chi connectivity index (χ1n) is 8.03. The molecule has 2 aromatic rings. The molecule has 3 heterocycles. The highest BCUT2D eigenvalue weighted by molar-refractivity contribution is 6.30. The number of ether oxygens (including phenoxy) is 1. The highest BCUT2D eigenvalue weighted by atomic mass is 35.5. The molecule has 0 atom stereocenters. The van der Waals surface area contributed by atoms with E-state index in [1.54, 1.807) is 12.1 Å². The van der Waals surface area contributed by atoms with E-state index < -0.39 is 0 Å². The van der Waals surface area contributed by atoms with E-state index in [4.69, 9.17) is 16.3 Å². The highest BCUT2D eigenvalue weighted by Gasteiger charge is 2.19. The van der Waals surface area contributed by atoms with Crippen molar-refractivity contribution in [3.63, 3.8) is 0 Å². The summed E-state index contributed by atoms with van der Waals surface area (Å²) in [5.74, 6) is 2.61. The predicted molar refractivity (Wildman–Crippen MR) is 90.0 cm³/mol. The summed E-state index contributed by atoms with van der Waals surface area (Å²) in [5, 5.41) is 11.9.